The monoisotopic (exact) mass is 1020 g/mol. The molecule has 70 heavy (non-hydrogen) atoms. The first-order chi connectivity index (χ1) is 33.8. The van der Waals surface area contributed by atoms with Crippen LogP contribution in [0.25, 0.3) is 22.6 Å². The van der Waals surface area contributed by atoms with Crippen LogP contribution in [0.4, 0.5) is 21.0 Å². The maximum atomic E-state index is 13.3. The molecule has 4 amide bonds. The van der Waals surface area contributed by atoms with E-state index in [-0.39, 0.29) is 23.8 Å². The van der Waals surface area contributed by atoms with Crippen molar-refractivity contribution in [3.63, 3.8) is 0 Å². The molecular formula is C52H54Cl2N6O8S2. The molecule has 0 radical (unpaired) electrons. The Morgan fingerprint density at radius 3 is 1.70 bits per heavy atom. The summed E-state index contributed by atoms with van der Waals surface area (Å²) in [5, 5.41) is 20.9. The first-order valence-electron chi connectivity index (χ1n) is 23.1. The van der Waals surface area contributed by atoms with Crippen LogP contribution < -0.4 is 21.3 Å². The van der Waals surface area contributed by atoms with E-state index in [0.29, 0.717) is 85.8 Å². The summed E-state index contributed by atoms with van der Waals surface area (Å²) in [7, 11) is 0. The summed E-state index contributed by atoms with van der Waals surface area (Å²) in [5.74, 6) is 3.80. The van der Waals surface area contributed by atoms with Gasteiger partial charge in [-0.15, -0.1) is 0 Å². The number of rotatable bonds is 21. The number of carbonyl (C=O) groups excluding carboxylic acids is 4. The van der Waals surface area contributed by atoms with Crippen molar-refractivity contribution in [2.45, 2.75) is 102 Å². The number of amides is 4. The van der Waals surface area contributed by atoms with Crippen LogP contribution in [-0.4, -0.2) is 57.9 Å². The van der Waals surface area contributed by atoms with Gasteiger partial charge in [0.15, 0.2) is 11.5 Å². The first-order valence-corrected chi connectivity index (χ1v) is 26.2. The lowest BCUT2D eigenvalue weighted by Gasteiger charge is -2.17. The lowest BCUT2D eigenvalue weighted by molar-refractivity contribution is -0.121. The molecule has 0 saturated heterocycles. The minimum atomic E-state index is -0.683. The third kappa shape index (κ3) is 13.3. The summed E-state index contributed by atoms with van der Waals surface area (Å²) >= 11 is 16.6. The predicted octanol–water partition coefficient (Wildman–Crippen LogP) is 12.7. The van der Waals surface area contributed by atoms with Crippen molar-refractivity contribution in [1.29, 1.82) is 0 Å². The van der Waals surface area contributed by atoms with Gasteiger partial charge < -0.3 is 29.2 Å². The van der Waals surface area contributed by atoms with E-state index in [2.05, 4.69) is 31.6 Å². The van der Waals surface area contributed by atoms with Crippen LogP contribution in [0.15, 0.2) is 100 Å². The highest BCUT2D eigenvalue weighted by Gasteiger charge is 2.41. The van der Waals surface area contributed by atoms with Gasteiger partial charge in [-0.05, 0) is 69.7 Å². The average molecular weight is 1030 g/mol. The minimum absolute atomic E-state index is 0.0313. The van der Waals surface area contributed by atoms with E-state index in [4.69, 9.17) is 41.7 Å². The summed E-state index contributed by atoms with van der Waals surface area (Å²) in [6.07, 6.45) is 1.19. The van der Waals surface area contributed by atoms with Crippen molar-refractivity contribution < 1.29 is 37.7 Å². The number of ether oxygens (including phenoxy) is 2. The van der Waals surface area contributed by atoms with Gasteiger partial charge in [0.25, 0.3) is 0 Å². The Morgan fingerprint density at radius 2 is 1.17 bits per heavy atom. The van der Waals surface area contributed by atoms with Gasteiger partial charge >= 0.3 is 12.2 Å². The zero-order valence-corrected chi connectivity index (χ0v) is 42.3. The van der Waals surface area contributed by atoms with Gasteiger partial charge in [0.1, 0.15) is 35.0 Å². The average Bonchev–Trinajstić information content (AvgIpc) is 4.25. The molecule has 4 aromatic carbocycles. The quantitative estimate of drug-likeness (QED) is 0.0501. The van der Waals surface area contributed by atoms with Crippen molar-refractivity contribution in [2.75, 3.05) is 22.1 Å². The Morgan fingerprint density at radius 1 is 0.671 bits per heavy atom. The molecule has 366 valence electrons. The first kappa shape index (κ1) is 50.4. The number of aryl methyl sites for hydroxylation is 2. The summed E-state index contributed by atoms with van der Waals surface area (Å²) < 4.78 is 22.6. The molecule has 0 spiro atoms. The second-order valence-electron chi connectivity index (χ2n) is 17.4. The van der Waals surface area contributed by atoms with Crippen LogP contribution in [0.3, 0.4) is 0 Å². The number of thioether (sulfide) groups is 2. The fraction of sp³-hybridized carbons (Fsp3) is 0.346. The number of nitrogens with zero attached hydrogens (tertiary/aromatic N) is 2. The van der Waals surface area contributed by atoms with Gasteiger partial charge in [-0.2, -0.15) is 23.5 Å². The number of anilines is 2. The summed E-state index contributed by atoms with van der Waals surface area (Å²) in [6.45, 7) is 6.99. The van der Waals surface area contributed by atoms with Crippen LogP contribution in [0.2, 0.25) is 10.0 Å². The summed E-state index contributed by atoms with van der Waals surface area (Å²) in [4.78, 5) is 51.1. The van der Waals surface area contributed by atoms with E-state index in [1.165, 1.54) is 0 Å². The molecule has 2 fully saturated rings. The van der Waals surface area contributed by atoms with Crippen molar-refractivity contribution in [2.24, 2.45) is 0 Å². The number of halogens is 2. The van der Waals surface area contributed by atoms with E-state index in [1.807, 2.05) is 78.9 Å². The molecule has 14 nitrogen and oxygen atoms in total. The molecule has 2 aliphatic carbocycles. The molecule has 2 aromatic heterocycles. The van der Waals surface area contributed by atoms with Crippen molar-refractivity contribution >= 4 is 82.1 Å². The molecule has 4 atom stereocenters. The second-order valence-corrected chi connectivity index (χ2v) is 20.4. The maximum absolute atomic E-state index is 13.3. The highest BCUT2D eigenvalue weighted by Crippen LogP contribution is 2.46. The van der Waals surface area contributed by atoms with Gasteiger partial charge in [-0.1, -0.05) is 118 Å². The Balaban J connectivity index is 0.755. The maximum Gasteiger partial charge on any atom is 0.412 e. The summed E-state index contributed by atoms with van der Waals surface area (Å²) in [5.41, 5.74) is 7.74. The fourth-order valence-corrected chi connectivity index (χ4v) is 10.3. The van der Waals surface area contributed by atoms with Crippen molar-refractivity contribution in [1.82, 2.24) is 20.9 Å². The lowest BCUT2D eigenvalue weighted by Crippen LogP contribution is -2.26. The lowest BCUT2D eigenvalue weighted by atomic mass is 10.0. The topological polar surface area (TPSA) is 187 Å². The minimum Gasteiger partial charge on any atom is -0.441 e. The molecule has 18 heteroatoms. The number of hydrogen-bond donors (Lipinski definition) is 4. The molecule has 0 bridgehead atoms. The number of nitrogens with one attached hydrogen (secondary N) is 4. The smallest absolute Gasteiger partial charge is 0.412 e. The largest absolute Gasteiger partial charge is 0.441 e. The van der Waals surface area contributed by atoms with E-state index >= 15 is 0 Å². The number of hydrogen-bond acceptors (Lipinski definition) is 12. The normalized spacial score (nSPS) is 15.9. The van der Waals surface area contributed by atoms with Gasteiger partial charge in [-0.3, -0.25) is 20.2 Å². The van der Waals surface area contributed by atoms with Crippen LogP contribution in [0, 0.1) is 13.8 Å². The third-order valence-corrected chi connectivity index (χ3v) is 14.8. The van der Waals surface area contributed by atoms with E-state index < -0.39 is 24.4 Å². The Hall–Kier alpha value is -5.94. The molecule has 2 aliphatic rings. The SMILES string of the molecule is Cc1noc(-c2ccc(CSCCC(=O)NC3CC3c3cccc(C(C)OC(=O)Nc4c(C)noc4-c4ccc(CSCCC(=O)NC5CC5)cc4)c3Cl)cc2)c1NC(=O)OC(C)c1ccccc1Cl. The zero-order chi connectivity index (χ0) is 49.3. The Labute approximate surface area is 425 Å². The standard InChI is InChI=1S/C52H54Cl2N6O8S2/c1-29-47(57-51(63)65-31(3)38-8-5-6-11-42(38)53)49(67-59-29)35-18-14-34(15-19-35)28-70-25-23-45(62)56-43-26-41(43)40-10-7-9-39(46(40)54)32(4)66-52(64)58-48-30(2)60-68-50(48)36-16-12-33(13-17-36)27-69-24-22-44(61)55-37-20-21-37/h5-19,31-32,37,41,43H,20-28H2,1-4H3,(H,55,61)(H,56,62)(H,57,63)(H,58,64). The molecular weight excluding hydrogens is 972 g/mol. The van der Waals surface area contributed by atoms with E-state index in [1.54, 1.807) is 63.4 Å². The van der Waals surface area contributed by atoms with E-state index in [9.17, 15) is 19.2 Å². The second kappa shape index (κ2) is 23.3. The Bertz CT molecular complexity index is 2820. The van der Waals surface area contributed by atoms with Crippen molar-refractivity contribution in [3.8, 4) is 22.6 Å². The van der Waals surface area contributed by atoms with Gasteiger partial charge in [0.2, 0.25) is 11.8 Å². The molecule has 4 N–H and O–H groups in total. The zero-order valence-electron chi connectivity index (χ0n) is 39.1. The van der Waals surface area contributed by atoms with Gasteiger partial charge in [-0.25, -0.2) is 9.59 Å². The number of carbonyl (C=O) groups is 4. The van der Waals surface area contributed by atoms with Crippen LogP contribution in [-0.2, 0) is 30.6 Å². The molecule has 4 unspecified atom stereocenters. The van der Waals surface area contributed by atoms with Crippen molar-refractivity contribution in [3.05, 3.63) is 140 Å². The Kier molecular flexibility index (Phi) is 16.8. The molecule has 6 aromatic rings. The number of benzene rings is 4. The highest BCUT2D eigenvalue weighted by molar-refractivity contribution is 7.98. The summed E-state index contributed by atoms with van der Waals surface area (Å²) in [6, 6.07) is 28.8. The third-order valence-electron chi connectivity index (χ3n) is 12.0. The predicted molar refractivity (Wildman–Crippen MR) is 275 cm³/mol. The highest BCUT2D eigenvalue weighted by atomic mass is 35.5. The molecule has 2 saturated carbocycles. The van der Waals surface area contributed by atoms with Crippen LogP contribution >= 0.6 is 46.7 Å². The fourth-order valence-electron chi connectivity index (χ4n) is 7.83. The molecule has 2 heterocycles. The molecule has 0 aliphatic heterocycles. The number of aromatic nitrogens is 2. The van der Waals surface area contributed by atoms with Crippen LogP contribution in [0.1, 0.15) is 103 Å². The van der Waals surface area contributed by atoms with Crippen LogP contribution in [0.5, 0.6) is 0 Å². The molecule has 8 rings (SSSR count). The van der Waals surface area contributed by atoms with Gasteiger partial charge in [0.05, 0.1) is 5.02 Å². The van der Waals surface area contributed by atoms with E-state index in [0.717, 1.165) is 58.6 Å². The van der Waals surface area contributed by atoms with Gasteiger partial charge in [0, 0.05) is 81.1 Å².